The van der Waals surface area contributed by atoms with Crippen molar-refractivity contribution in [3.63, 3.8) is 0 Å². The van der Waals surface area contributed by atoms with Gasteiger partial charge in [-0.2, -0.15) is 0 Å². The molecule has 1 amide bonds. The highest BCUT2D eigenvalue weighted by atomic mass is 16.1. The summed E-state index contributed by atoms with van der Waals surface area (Å²) in [5, 5.41) is 7.80. The van der Waals surface area contributed by atoms with E-state index in [4.69, 9.17) is 5.73 Å². The van der Waals surface area contributed by atoms with Crippen LogP contribution in [0, 0.1) is 0 Å². The van der Waals surface area contributed by atoms with Crippen LogP contribution in [0.5, 0.6) is 0 Å². The van der Waals surface area contributed by atoms with E-state index < -0.39 is 5.91 Å². The fourth-order valence-electron chi connectivity index (χ4n) is 3.78. The number of aliphatic imine (C=N–C) groups is 1. The van der Waals surface area contributed by atoms with Gasteiger partial charge in [-0.3, -0.25) is 9.79 Å². The molecule has 1 saturated heterocycles. The number of nitrogens with zero attached hydrogens (tertiary/aromatic N) is 3. The minimum atomic E-state index is -0.495. The molecule has 1 aromatic heterocycles. The lowest BCUT2D eigenvalue weighted by Crippen LogP contribution is -2.28. The van der Waals surface area contributed by atoms with Crippen molar-refractivity contribution in [2.75, 3.05) is 25.5 Å². The van der Waals surface area contributed by atoms with E-state index in [9.17, 15) is 4.79 Å². The number of para-hydroxylation sites is 1. The molecule has 0 unspecified atom stereocenters. The molecule has 0 spiro atoms. The lowest BCUT2D eigenvalue weighted by atomic mass is 9.93. The summed E-state index contributed by atoms with van der Waals surface area (Å²) >= 11 is 0. The summed E-state index contributed by atoms with van der Waals surface area (Å²) in [5.41, 5.74) is 8.79. The Kier molecular flexibility index (Phi) is 4.99. The Morgan fingerprint density at radius 2 is 2.11 bits per heavy atom. The van der Waals surface area contributed by atoms with E-state index in [-0.39, 0.29) is 12.0 Å². The molecule has 0 aliphatic carbocycles. The smallest absolute Gasteiger partial charge is 0.250 e. The number of primary amides is 1. The van der Waals surface area contributed by atoms with E-state index in [2.05, 4.69) is 43.8 Å². The number of benzene rings is 2. The Hall–Kier alpha value is -3.32. The van der Waals surface area contributed by atoms with Crippen molar-refractivity contribution < 1.29 is 4.79 Å². The van der Waals surface area contributed by atoms with Gasteiger partial charge in [0.1, 0.15) is 12.1 Å². The molecule has 7 heteroatoms. The van der Waals surface area contributed by atoms with Crippen LogP contribution in [0.2, 0.25) is 0 Å². The lowest BCUT2D eigenvalue weighted by Gasteiger charge is -2.22. The average Bonchev–Trinajstić information content (AvgIpc) is 3.16. The van der Waals surface area contributed by atoms with E-state index in [1.165, 1.54) is 11.9 Å². The molecule has 2 aromatic carbocycles. The third-order valence-corrected chi connectivity index (χ3v) is 5.08. The highest BCUT2D eigenvalue weighted by Crippen LogP contribution is 2.28. The molecule has 2 heterocycles. The van der Waals surface area contributed by atoms with Crippen molar-refractivity contribution >= 4 is 28.8 Å². The molecule has 142 valence electrons. The van der Waals surface area contributed by atoms with Gasteiger partial charge in [0.2, 0.25) is 0 Å². The third-order valence-electron chi connectivity index (χ3n) is 5.08. The van der Waals surface area contributed by atoms with Gasteiger partial charge in [0, 0.05) is 43.7 Å². The fraction of sp³-hybridized carbons (Fsp3) is 0.238. The highest BCUT2D eigenvalue weighted by Gasteiger charge is 2.29. The minimum absolute atomic E-state index is 0.157. The average molecular weight is 374 g/mol. The number of hydrogen-bond donors (Lipinski definition) is 3. The Morgan fingerprint density at radius 3 is 2.93 bits per heavy atom. The molecular weight excluding hydrogens is 352 g/mol. The van der Waals surface area contributed by atoms with Crippen LogP contribution < -0.4 is 16.4 Å². The van der Waals surface area contributed by atoms with Gasteiger partial charge >= 0.3 is 0 Å². The summed E-state index contributed by atoms with van der Waals surface area (Å²) in [6.07, 6.45) is 3.32. The van der Waals surface area contributed by atoms with Crippen LogP contribution >= 0.6 is 0 Å². The first-order valence-electron chi connectivity index (χ1n) is 9.20. The van der Waals surface area contributed by atoms with E-state index in [1.807, 2.05) is 18.3 Å². The van der Waals surface area contributed by atoms with Gasteiger partial charge in [0.25, 0.3) is 5.91 Å². The van der Waals surface area contributed by atoms with Crippen LogP contribution in [0.15, 0.2) is 53.8 Å². The first-order valence-corrected chi connectivity index (χ1v) is 9.20. The first-order chi connectivity index (χ1) is 13.7. The third kappa shape index (κ3) is 3.44. The number of carbonyl (C=O) groups excluding carboxylic acids is 1. The van der Waals surface area contributed by atoms with E-state index >= 15 is 0 Å². The van der Waals surface area contributed by atoms with Crippen LogP contribution in [0.1, 0.15) is 27.4 Å². The molecular formula is C21H22N6O. The quantitative estimate of drug-likeness (QED) is 0.592. The SMILES string of the molecule is C/N=C\c1cccc([C@@H]2CNC[C@H]2Nc2ncnc3c(C(N)=O)cccc23)c1. The number of anilines is 1. The van der Waals surface area contributed by atoms with Gasteiger partial charge in [0.05, 0.1) is 11.1 Å². The van der Waals surface area contributed by atoms with E-state index in [1.54, 1.807) is 19.2 Å². The number of rotatable bonds is 5. The molecule has 0 bridgehead atoms. The molecule has 4 N–H and O–H groups in total. The number of aromatic nitrogens is 2. The zero-order valence-corrected chi connectivity index (χ0v) is 15.6. The zero-order valence-electron chi connectivity index (χ0n) is 15.6. The van der Waals surface area contributed by atoms with Gasteiger partial charge in [-0.15, -0.1) is 0 Å². The Bertz CT molecular complexity index is 1050. The molecule has 4 rings (SSSR count). The fourth-order valence-corrected chi connectivity index (χ4v) is 3.78. The Labute approximate surface area is 163 Å². The van der Waals surface area contributed by atoms with Crippen LogP contribution in [0.3, 0.4) is 0 Å². The monoisotopic (exact) mass is 374 g/mol. The number of nitrogens with two attached hydrogens (primary N) is 1. The summed E-state index contributed by atoms with van der Waals surface area (Å²) in [4.78, 5) is 24.5. The molecule has 0 radical (unpaired) electrons. The second-order valence-electron chi connectivity index (χ2n) is 6.86. The molecule has 1 aliphatic rings. The number of fused-ring (bicyclic) bond motifs is 1. The molecule has 3 aromatic rings. The maximum Gasteiger partial charge on any atom is 0.250 e. The van der Waals surface area contributed by atoms with Crippen LogP contribution in [-0.2, 0) is 0 Å². The second-order valence-corrected chi connectivity index (χ2v) is 6.86. The van der Waals surface area contributed by atoms with Crippen molar-refractivity contribution in [1.82, 2.24) is 15.3 Å². The standard InChI is InChI=1S/C21H22N6O/c1-23-9-13-4-2-5-14(8-13)17-10-24-11-18(17)27-21-16-7-3-6-15(20(22)28)19(16)25-12-26-21/h2-9,12,17-18,24H,10-11H2,1H3,(H2,22,28)(H,25,26,27)/b23-9-/t17-,18+/m0/s1. The molecule has 0 saturated carbocycles. The first kappa shape index (κ1) is 18.1. The minimum Gasteiger partial charge on any atom is -0.366 e. The summed E-state index contributed by atoms with van der Waals surface area (Å²) < 4.78 is 0. The molecule has 28 heavy (non-hydrogen) atoms. The largest absolute Gasteiger partial charge is 0.366 e. The summed E-state index contributed by atoms with van der Waals surface area (Å²) in [6.45, 7) is 1.69. The Balaban J connectivity index is 1.66. The molecule has 2 atom stereocenters. The number of nitrogens with one attached hydrogen (secondary N) is 2. The van der Waals surface area contributed by atoms with Crippen molar-refractivity contribution in [3.05, 3.63) is 65.5 Å². The predicted octanol–water partition coefficient (Wildman–Crippen LogP) is 1.94. The molecule has 7 nitrogen and oxygen atoms in total. The summed E-state index contributed by atoms with van der Waals surface area (Å²) in [7, 11) is 1.77. The van der Waals surface area contributed by atoms with Gasteiger partial charge < -0.3 is 16.4 Å². The summed E-state index contributed by atoms with van der Waals surface area (Å²) in [6, 6.07) is 14.0. The van der Waals surface area contributed by atoms with E-state index in [0.29, 0.717) is 16.9 Å². The van der Waals surface area contributed by atoms with Crippen molar-refractivity contribution in [1.29, 1.82) is 0 Å². The number of carbonyl (C=O) groups is 1. The van der Waals surface area contributed by atoms with Gasteiger partial charge in [-0.1, -0.05) is 24.3 Å². The highest BCUT2D eigenvalue weighted by molar-refractivity contribution is 6.06. The number of amides is 1. The van der Waals surface area contributed by atoms with Crippen molar-refractivity contribution in [3.8, 4) is 0 Å². The normalized spacial score (nSPS) is 19.3. The van der Waals surface area contributed by atoms with Crippen molar-refractivity contribution in [2.24, 2.45) is 10.7 Å². The Morgan fingerprint density at radius 1 is 1.25 bits per heavy atom. The van der Waals surface area contributed by atoms with Crippen LogP contribution in [0.4, 0.5) is 5.82 Å². The maximum atomic E-state index is 11.7. The van der Waals surface area contributed by atoms with Crippen LogP contribution in [-0.4, -0.2) is 48.3 Å². The summed E-state index contributed by atoms with van der Waals surface area (Å²) in [5.74, 6) is 0.498. The molecule has 1 aliphatic heterocycles. The second kappa shape index (κ2) is 7.74. The zero-order chi connectivity index (χ0) is 19.5. The van der Waals surface area contributed by atoms with E-state index in [0.717, 1.165) is 24.0 Å². The topological polar surface area (TPSA) is 105 Å². The predicted molar refractivity (Wildman–Crippen MR) is 111 cm³/mol. The number of hydrogen-bond acceptors (Lipinski definition) is 6. The van der Waals surface area contributed by atoms with Gasteiger partial charge in [-0.25, -0.2) is 9.97 Å². The van der Waals surface area contributed by atoms with Gasteiger partial charge in [0.15, 0.2) is 0 Å². The van der Waals surface area contributed by atoms with Crippen molar-refractivity contribution in [2.45, 2.75) is 12.0 Å². The van der Waals surface area contributed by atoms with Gasteiger partial charge in [-0.05, 0) is 29.3 Å². The lowest BCUT2D eigenvalue weighted by molar-refractivity contribution is 0.100. The van der Waals surface area contributed by atoms with Crippen LogP contribution in [0.25, 0.3) is 10.9 Å². The maximum absolute atomic E-state index is 11.7. The molecule has 1 fully saturated rings.